The maximum Gasteiger partial charge on any atom is 0.472 e. The highest BCUT2D eigenvalue weighted by molar-refractivity contribution is 7.47. The molecule has 384 valence electrons. The highest BCUT2D eigenvalue weighted by Crippen LogP contribution is 2.49. The smallest absolute Gasteiger partial charge is 0.462 e. The van der Waals surface area contributed by atoms with Gasteiger partial charge in [0.1, 0.15) is 43.2 Å². The van der Waals surface area contributed by atoms with E-state index < -0.39 is 83.5 Å². The van der Waals surface area contributed by atoms with E-state index in [-0.39, 0.29) is 18.9 Å². The molecule has 8 N–H and O–H groups in total. The van der Waals surface area contributed by atoms with E-state index in [1.807, 2.05) is 18.2 Å². The number of carbonyl (C=O) groups is 2. The number of phosphoric acid groups is 2. The van der Waals surface area contributed by atoms with Crippen molar-refractivity contribution >= 4 is 27.6 Å². The van der Waals surface area contributed by atoms with Crippen LogP contribution in [-0.4, -0.2) is 114 Å². The maximum absolute atomic E-state index is 13.0. The van der Waals surface area contributed by atoms with Crippen LogP contribution in [0.2, 0.25) is 0 Å². The number of rotatable bonds is 40. The lowest BCUT2D eigenvalue weighted by Crippen LogP contribution is -2.64. The van der Waals surface area contributed by atoms with Gasteiger partial charge in [-0.15, -0.1) is 0 Å². The van der Waals surface area contributed by atoms with Crippen LogP contribution in [0.15, 0.2) is 48.6 Å². The highest BCUT2D eigenvalue weighted by atomic mass is 31.2. The van der Waals surface area contributed by atoms with Crippen molar-refractivity contribution in [3.05, 3.63) is 48.6 Å². The van der Waals surface area contributed by atoms with Crippen LogP contribution in [0.3, 0.4) is 0 Å². The predicted molar refractivity (Wildman–Crippen MR) is 252 cm³/mol. The molecule has 0 heterocycles. The van der Waals surface area contributed by atoms with E-state index >= 15 is 0 Å². The lowest BCUT2D eigenvalue weighted by Gasteiger charge is -2.43. The number of allylic oxidation sites excluding steroid dienone is 8. The number of hydrogen-bond donors (Lipinski definition) is 8. The number of unbranched alkanes of at least 4 members (excludes halogenated alkanes) is 16. The van der Waals surface area contributed by atoms with Crippen LogP contribution in [0, 0.1) is 0 Å². The first-order valence-electron chi connectivity index (χ1n) is 24.2. The third-order valence-electron chi connectivity index (χ3n) is 10.9. The van der Waals surface area contributed by atoms with Gasteiger partial charge in [0.05, 0.1) is 12.7 Å². The number of carbonyl (C=O) groups excluding carboxylic acids is 2. The zero-order chi connectivity index (χ0) is 49.1. The van der Waals surface area contributed by atoms with Gasteiger partial charge in [0.2, 0.25) is 0 Å². The largest absolute Gasteiger partial charge is 0.472 e. The molecule has 9 atom stereocenters. The van der Waals surface area contributed by atoms with Crippen molar-refractivity contribution in [1.82, 2.24) is 0 Å². The molecule has 1 saturated carbocycles. The summed E-state index contributed by atoms with van der Waals surface area (Å²) >= 11 is 0. The molecule has 0 amide bonds. The first kappa shape index (κ1) is 61.9. The summed E-state index contributed by atoms with van der Waals surface area (Å²) in [5, 5.41) is 50.5. The molecular formula is C47H84O17P2. The number of hydrogen-bond acceptors (Lipinski definition) is 14. The minimum atomic E-state index is -5.37. The molecule has 1 rings (SSSR count). The summed E-state index contributed by atoms with van der Waals surface area (Å²) in [5.41, 5.74) is 0. The van der Waals surface area contributed by atoms with E-state index in [9.17, 15) is 58.9 Å². The van der Waals surface area contributed by atoms with Crippen LogP contribution in [0.5, 0.6) is 0 Å². The Kier molecular flexibility index (Phi) is 35.4. The minimum absolute atomic E-state index is 0.0280. The predicted octanol–water partition coefficient (Wildman–Crippen LogP) is 8.26. The second-order valence-corrected chi connectivity index (χ2v) is 19.7. The van der Waals surface area contributed by atoms with E-state index in [2.05, 4.69) is 41.8 Å². The molecule has 0 radical (unpaired) electrons. The van der Waals surface area contributed by atoms with Crippen molar-refractivity contribution in [1.29, 1.82) is 0 Å². The molecule has 17 nitrogen and oxygen atoms in total. The molecule has 66 heavy (non-hydrogen) atoms. The molecule has 0 spiro atoms. The Morgan fingerprint density at radius 2 is 0.985 bits per heavy atom. The zero-order valence-corrected chi connectivity index (χ0v) is 41.3. The topological polar surface area (TPSA) is 276 Å². The van der Waals surface area contributed by atoms with Crippen LogP contribution in [-0.2, 0) is 41.8 Å². The Balaban J connectivity index is 2.61. The van der Waals surface area contributed by atoms with Gasteiger partial charge in [-0.3, -0.25) is 23.2 Å². The maximum atomic E-state index is 13.0. The first-order valence-corrected chi connectivity index (χ1v) is 27.2. The Labute approximate surface area is 393 Å². The van der Waals surface area contributed by atoms with Crippen molar-refractivity contribution in [2.75, 3.05) is 13.2 Å². The zero-order valence-electron chi connectivity index (χ0n) is 39.5. The summed E-state index contributed by atoms with van der Waals surface area (Å²) in [6, 6.07) is 0. The minimum Gasteiger partial charge on any atom is -0.462 e. The van der Waals surface area contributed by atoms with Gasteiger partial charge in [-0.25, -0.2) is 9.13 Å². The average molecular weight is 983 g/mol. The second kappa shape index (κ2) is 37.8. The fourth-order valence-electron chi connectivity index (χ4n) is 7.16. The van der Waals surface area contributed by atoms with Gasteiger partial charge in [0.15, 0.2) is 6.10 Å². The normalized spacial score (nSPS) is 22.4. The van der Waals surface area contributed by atoms with Gasteiger partial charge < -0.3 is 49.7 Å². The molecule has 0 saturated heterocycles. The molecule has 0 bridgehead atoms. The molecule has 1 aliphatic carbocycles. The van der Waals surface area contributed by atoms with Crippen LogP contribution in [0.4, 0.5) is 0 Å². The molecule has 5 unspecified atom stereocenters. The van der Waals surface area contributed by atoms with Crippen molar-refractivity contribution in [2.45, 2.75) is 223 Å². The number of esters is 2. The lowest BCUT2D eigenvalue weighted by atomic mass is 9.85. The van der Waals surface area contributed by atoms with Gasteiger partial charge in [-0.2, -0.15) is 0 Å². The quantitative estimate of drug-likeness (QED) is 0.0124. The van der Waals surface area contributed by atoms with Crippen LogP contribution >= 0.6 is 15.6 Å². The van der Waals surface area contributed by atoms with Gasteiger partial charge in [-0.05, 0) is 64.7 Å². The molecule has 19 heteroatoms. The Morgan fingerprint density at radius 3 is 1.47 bits per heavy atom. The molecule has 1 aliphatic rings. The number of aliphatic hydroxyl groups excluding tert-OH is 5. The SMILES string of the molecule is CCCCCCCCCCCCCCCCCC(=O)O[C@H](COC(=O)CCC/C=C\C/C=C\C/C=C\C/C=C\CCC[C@@H](C)O)COP(=O)(O)O[C@H]1C(O)C(O)C(O)[C@@H](OP(=O)(O)O)C1O. The van der Waals surface area contributed by atoms with E-state index in [0.717, 1.165) is 64.2 Å². The highest BCUT2D eigenvalue weighted by Gasteiger charge is 2.54. The van der Waals surface area contributed by atoms with Gasteiger partial charge >= 0.3 is 27.6 Å². The Bertz CT molecular complexity index is 1480. The summed E-state index contributed by atoms with van der Waals surface area (Å²) in [6.07, 6.45) is 24.9. The van der Waals surface area contributed by atoms with Crippen molar-refractivity contribution < 1.29 is 82.0 Å². The van der Waals surface area contributed by atoms with Gasteiger partial charge in [0.25, 0.3) is 0 Å². The summed E-state index contributed by atoms with van der Waals surface area (Å²) in [7, 11) is -10.7. The van der Waals surface area contributed by atoms with Gasteiger partial charge in [0, 0.05) is 12.8 Å². The summed E-state index contributed by atoms with van der Waals surface area (Å²) in [6.45, 7) is 2.62. The van der Waals surface area contributed by atoms with Gasteiger partial charge in [-0.1, -0.05) is 145 Å². The van der Waals surface area contributed by atoms with E-state index in [1.54, 1.807) is 6.92 Å². The summed E-state index contributed by atoms with van der Waals surface area (Å²) in [5.74, 6) is -1.28. The summed E-state index contributed by atoms with van der Waals surface area (Å²) < 4.78 is 49.3. The van der Waals surface area contributed by atoms with E-state index in [0.29, 0.717) is 19.3 Å². The molecule has 0 aromatic rings. The number of phosphoric ester groups is 2. The molecule has 1 fully saturated rings. The van der Waals surface area contributed by atoms with Crippen molar-refractivity contribution in [3.8, 4) is 0 Å². The monoisotopic (exact) mass is 983 g/mol. The lowest BCUT2D eigenvalue weighted by molar-refractivity contribution is -0.216. The number of aliphatic hydroxyl groups is 5. The fourth-order valence-corrected chi connectivity index (χ4v) is 8.69. The standard InChI is InChI=1S/C47H84O17P2/c1-3-4-5-6-7-8-9-10-12-17-20-23-26-29-32-35-41(50)62-39(37-61-66(58,59)64-47-44(53)42(51)43(52)46(45(47)54)63-65(55,56)57)36-60-40(49)34-31-28-25-22-19-16-14-11-13-15-18-21-24-27-30-33-38(2)48/h13-16,21-22,24-25,38-39,42-48,51-54H,3-12,17-20,23,26-37H2,1-2H3,(H,58,59)(H2,55,56,57)/b15-13-,16-14-,24-21-,25-22-/t38-,39-,42?,43?,44?,45?,46-,47+/m1/s1. The molecule has 0 aliphatic heterocycles. The molecule has 0 aromatic carbocycles. The average Bonchev–Trinajstić information content (AvgIpc) is 3.26. The third kappa shape index (κ3) is 32.6. The van der Waals surface area contributed by atoms with Crippen LogP contribution < -0.4 is 0 Å². The Morgan fingerprint density at radius 1 is 0.545 bits per heavy atom. The first-order chi connectivity index (χ1) is 31.5. The second-order valence-electron chi connectivity index (χ2n) is 17.1. The van der Waals surface area contributed by atoms with E-state index in [4.69, 9.17) is 18.5 Å². The van der Waals surface area contributed by atoms with Crippen LogP contribution in [0.1, 0.15) is 174 Å². The van der Waals surface area contributed by atoms with Crippen LogP contribution in [0.25, 0.3) is 0 Å². The molecule has 0 aromatic heterocycles. The summed E-state index contributed by atoms with van der Waals surface area (Å²) in [4.78, 5) is 54.3. The Hall–Kier alpha value is -2.08. The fraction of sp³-hybridized carbons (Fsp3) is 0.787. The molecular weight excluding hydrogens is 898 g/mol. The van der Waals surface area contributed by atoms with Crippen molar-refractivity contribution in [3.63, 3.8) is 0 Å². The third-order valence-corrected chi connectivity index (χ3v) is 12.4. The van der Waals surface area contributed by atoms with Crippen molar-refractivity contribution in [2.24, 2.45) is 0 Å². The van der Waals surface area contributed by atoms with E-state index in [1.165, 1.54) is 64.2 Å². The number of ether oxygens (including phenoxy) is 2.